The number of H-pyrrole nitrogens is 1. The van der Waals surface area contributed by atoms with Crippen LogP contribution in [0.3, 0.4) is 0 Å². The van der Waals surface area contributed by atoms with Crippen molar-refractivity contribution in [1.29, 1.82) is 0 Å². The number of ether oxygens (including phenoxy) is 5. The Morgan fingerprint density at radius 2 is 1.46 bits per heavy atom. The molecule has 234 valence electrons. The Hall–Kier alpha value is -5.81. The van der Waals surface area contributed by atoms with Crippen LogP contribution in [0.5, 0.6) is 28.7 Å². The first-order chi connectivity index (χ1) is 22.2. The van der Waals surface area contributed by atoms with Gasteiger partial charge in [-0.1, -0.05) is 41.9 Å². The highest BCUT2D eigenvalue weighted by molar-refractivity contribution is 6.34. The summed E-state index contributed by atoms with van der Waals surface area (Å²) in [7, 11) is 4.45. The van der Waals surface area contributed by atoms with Gasteiger partial charge in [-0.05, 0) is 48.5 Å². The maximum atomic E-state index is 13.6. The van der Waals surface area contributed by atoms with Crippen molar-refractivity contribution < 1.29 is 38.1 Å². The van der Waals surface area contributed by atoms with E-state index in [4.69, 9.17) is 35.3 Å². The molecule has 4 aromatic carbocycles. The Bertz CT molecular complexity index is 1990. The van der Waals surface area contributed by atoms with E-state index in [1.165, 1.54) is 52.7 Å². The first-order valence-electron chi connectivity index (χ1n) is 13.8. The highest BCUT2D eigenvalue weighted by atomic mass is 35.5. The predicted molar refractivity (Wildman–Crippen MR) is 173 cm³/mol. The van der Waals surface area contributed by atoms with Gasteiger partial charge in [-0.2, -0.15) is 5.10 Å². The molecule has 0 saturated heterocycles. The number of hydrogen-bond acceptors (Lipinski definition) is 9. The van der Waals surface area contributed by atoms with E-state index in [1.807, 2.05) is 6.07 Å². The van der Waals surface area contributed by atoms with Crippen molar-refractivity contribution in [3.05, 3.63) is 101 Å². The molecule has 12 heteroatoms. The van der Waals surface area contributed by atoms with Crippen LogP contribution in [0.15, 0.2) is 84.0 Å². The molecule has 0 spiro atoms. The lowest BCUT2D eigenvalue weighted by Crippen LogP contribution is -2.19. The van der Waals surface area contributed by atoms with E-state index in [2.05, 4.69) is 15.5 Å². The molecule has 0 aliphatic heterocycles. The normalized spacial score (nSPS) is 10.9. The van der Waals surface area contributed by atoms with Gasteiger partial charge >= 0.3 is 11.9 Å². The van der Waals surface area contributed by atoms with Crippen LogP contribution in [-0.4, -0.2) is 50.4 Å². The number of carbonyl (C=O) groups excluding carboxylic acids is 3. The number of para-hydroxylation sites is 1. The lowest BCUT2D eigenvalue weighted by atomic mass is 10.0. The molecule has 1 amide bonds. The Kier molecular flexibility index (Phi) is 9.53. The van der Waals surface area contributed by atoms with Crippen LogP contribution in [-0.2, 0) is 4.79 Å². The highest BCUT2D eigenvalue weighted by Gasteiger charge is 2.25. The zero-order chi connectivity index (χ0) is 32.8. The third-order valence-corrected chi connectivity index (χ3v) is 7.16. The minimum absolute atomic E-state index is 0.157. The quantitative estimate of drug-likeness (QED) is 0.0771. The molecule has 46 heavy (non-hydrogen) atoms. The number of aromatic nitrogens is 1. The van der Waals surface area contributed by atoms with Gasteiger partial charge in [-0.3, -0.25) is 9.59 Å². The van der Waals surface area contributed by atoms with Gasteiger partial charge < -0.3 is 28.7 Å². The topological polar surface area (TPSA) is 138 Å². The van der Waals surface area contributed by atoms with Crippen LogP contribution in [0.4, 0.5) is 0 Å². The van der Waals surface area contributed by atoms with Gasteiger partial charge in [-0.25, -0.2) is 10.2 Å². The standard InChI is InChI=1S/C34H28ClN3O8/c1-19(39)45-25-14-13-20(17-28(25)44-4)34(41)46-24-12-8-5-9-21(24)18-36-38-33(40)32-29(22-10-6-7-11-23(22)35)30-26(42-2)15-16-27(43-3)31(30)37-32/h5-18,37H,1-4H3,(H,38,40). The Morgan fingerprint density at radius 1 is 0.783 bits per heavy atom. The van der Waals surface area contributed by atoms with Crippen LogP contribution in [0.2, 0.25) is 5.02 Å². The minimum atomic E-state index is -0.692. The molecule has 0 unspecified atom stereocenters. The van der Waals surface area contributed by atoms with Crippen LogP contribution in [0, 0.1) is 0 Å². The first kappa shape index (κ1) is 31.6. The second-order valence-electron chi connectivity index (χ2n) is 9.66. The molecule has 1 heterocycles. The van der Waals surface area contributed by atoms with Gasteiger partial charge in [-0.15, -0.1) is 0 Å². The number of nitrogens with zero attached hydrogens (tertiary/aromatic N) is 1. The maximum absolute atomic E-state index is 13.6. The number of amides is 1. The smallest absolute Gasteiger partial charge is 0.343 e. The van der Waals surface area contributed by atoms with E-state index in [0.29, 0.717) is 44.1 Å². The molecule has 0 fully saturated rings. The average molecular weight is 642 g/mol. The fraction of sp³-hybridized carbons (Fsp3) is 0.118. The van der Waals surface area contributed by atoms with Crippen LogP contribution in [0.1, 0.15) is 33.3 Å². The molecule has 5 rings (SSSR count). The lowest BCUT2D eigenvalue weighted by molar-refractivity contribution is -0.132. The second-order valence-corrected chi connectivity index (χ2v) is 10.1. The number of carbonyl (C=O) groups is 3. The number of aromatic amines is 1. The van der Waals surface area contributed by atoms with E-state index >= 15 is 0 Å². The third kappa shape index (κ3) is 6.49. The van der Waals surface area contributed by atoms with Gasteiger partial charge in [0, 0.05) is 28.6 Å². The van der Waals surface area contributed by atoms with Crippen molar-refractivity contribution in [1.82, 2.24) is 10.4 Å². The van der Waals surface area contributed by atoms with Crippen LogP contribution in [0.25, 0.3) is 22.0 Å². The van der Waals surface area contributed by atoms with E-state index in [0.717, 1.165) is 0 Å². The summed E-state index contributed by atoms with van der Waals surface area (Å²) in [5.74, 6) is -0.239. The van der Waals surface area contributed by atoms with Crippen molar-refractivity contribution in [3.8, 4) is 39.9 Å². The molecule has 0 aliphatic rings. The SMILES string of the molecule is COc1cc(C(=O)Oc2ccccc2C=NNC(=O)c2[nH]c3c(OC)ccc(OC)c3c2-c2ccccc2Cl)ccc1OC(C)=O. The van der Waals surface area contributed by atoms with E-state index in [-0.39, 0.29) is 28.5 Å². The fourth-order valence-corrected chi connectivity index (χ4v) is 5.01. The van der Waals surface area contributed by atoms with Gasteiger partial charge in [0.05, 0.1) is 44.0 Å². The number of hydrazone groups is 1. The zero-order valence-electron chi connectivity index (χ0n) is 25.2. The van der Waals surface area contributed by atoms with Crippen LogP contribution < -0.4 is 29.1 Å². The summed E-state index contributed by atoms with van der Waals surface area (Å²) in [5.41, 5.74) is 4.93. The molecule has 0 radical (unpaired) electrons. The van der Waals surface area contributed by atoms with E-state index in [9.17, 15) is 14.4 Å². The second kappa shape index (κ2) is 13.9. The van der Waals surface area contributed by atoms with Gasteiger partial charge in [0.2, 0.25) is 0 Å². The number of halogens is 1. The summed E-state index contributed by atoms with van der Waals surface area (Å²) in [5, 5.41) is 5.18. The number of benzene rings is 4. The molecule has 0 atom stereocenters. The molecular weight excluding hydrogens is 614 g/mol. The van der Waals surface area contributed by atoms with Crippen LogP contribution >= 0.6 is 11.6 Å². The van der Waals surface area contributed by atoms with E-state index < -0.39 is 17.8 Å². The fourth-order valence-electron chi connectivity index (χ4n) is 4.78. The Labute approximate surface area is 268 Å². The Balaban J connectivity index is 1.42. The predicted octanol–water partition coefficient (Wildman–Crippen LogP) is 6.42. The van der Waals surface area contributed by atoms with Gasteiger partial charge in [0.25, 0.3) is 5.91 Å². The molecule has 0 aliphatic carbocycles. The maximum Gasteiger partial charge on any atom is 0.343 e. The van der Waals surface area contributed by atoms with E-state index in [1.54, 1.807) is 54.6 Å². The molecular formula is C34H28ClN3O8. The lowest BCUT2D eigenvalue weighted by Gasteiger charge is -2.11. The first-order valence-corrected chi connectivity index (χ1v) is 14.2. The summed E-state index contributed by atoms with van der Waals surface area (Å²) in [6.45, 7) is 1.26. The summed E-state index contributed by atoms with van der Waals surface area (Å²) in [6.07, 6.45) is 1.35. The molecule has 5 aromatic rings. The van der Waals surface area contributed by atoms with Gasteiger partial charge in [0.1, 0.15) is 22.9 Å². The number of esters is 2. The van der Waals surface area contributed by atoms with Crippen molar-refractivity contribution in [3.63, 3.8) is 0 Å². The van der Waals surface area contributed by atoms with Crippen molar-refractivity contribution in [2.45, 2.75) is 6.92 Å². The number of nitrogens with one attached hydrogen (secondary N) is 2. The molecule has 0 saturated carbocycles. The number of methoxy groups -OCH3 is 3. The highest BCUT2D eigenvalue weighted by Crippen LogP contribution is 2.44. The largest absolute Gasteiger partial charge is 0.496 e. The third-order valence-electron chi connectivity index (χ3n) is 6.83. The van der Waals surface area contributed by atoms with Crippen molar-refractivity contribution in [2.75, 3.05) is 21.3 Å². The summed E-state index contributed by atoms with van der Waals surface area (Å²) >= 11 is 6.58. The summed E-state index contributed by atoms with van der Waals surface area (Å²) in [6, 6.07) is 21.6. The molecule has 2 N–H and O–H groups in total. The molecule has 0 bridgehead atoms. The number of fused-ring (bicyclic) bond motifs is 1. The average Bonchev–Trinajstić information content (AvgIpc) is 3.46. The Morgan fingerprint density at radius 3 is 2.17 bits per heavy atom. The van der Waals surface area contributed by atoms with Crippen molar-refractivity contribution in [2.24, 2.45) is 5.10 Å². The number of rotatable bonds is 10. The zero-order valence-corrected chi connectivity index (χ0v) is 25.9. The number of hydrogen-bond donors (Lipinski definition) is 2. The monoisotopic (exact) mass is 641 g/mol. The summed E-state index contributed by atoms with van der Waals surface area (Å²) in [4.78, 5) is 41.1. The van der Waals surface area contributed by atoms with Crippen molar-refractivity contribution >= 4 is 46.6 Å². The summed E-state index contributed by atoms with van der Waals surface area (Å²) < 4.78 is 27.1. The molecule has 11 nitrogen and oxygen atoms in total. The minimum Gasteiger partial charge on any atom is -0.496 e. The molecule has 1 aromatic heterocycles. The van der Waals surface area contributed by atoms with Gasteiger partial charge in [0.15, 0.2) is 11.5 Å².